The first-order valence-electron chi connectivity index (χ1n) is 8.58. The van der Waals surface area contributed by atoms with Gasteiger partial charge in [0.1, 0.15) is 6.10 Å². The number of methoxy groups -OCH3 is 1. The summed E-state index contributed by atoms with van der Waals surface area (Å²) in [7, 11) is 3.80. The standard InChI is InChI=1S/C18H24N2O3/c1-20-8-7-17-14-10-3-4-12(22-2)15(14)23-16(17)11(19)5-6-18(17,21)13(20)9-10/h3-4,11,13,16,21H,5-9,19H2,1-2H3/t11-,13?,16+,17+,18-/m1/s1. The smallest absolute Gasteiger partial charge is 0.165 e. The summed E-state index contributed by atoms with van der Waals surface area (Å²) >= 11 is 0. The van der Waals surface area contributed by atoms with Gasteiger partial charge in [0, 0.05) is 17.6 Å². The van der Waals surface area contributed by atoms with E-state index in [1.54, 1.807) is 7.11 Å². The molecule has 2 aliphatic carbocycles. The molecule has 0 radical (unpaired) electrons. The van der Waals surface area contributed by atoms with Crippen LogP contribution < -0.4 is 15.2 Å². The van der Waals surface area contributed by atoms with Crippen LogP contribution in [-0.2, 0) is 11.8 Å². The van der Waals surface area contributed by atoms with Gasteiger partial charge in [-0.1, -0.05) is 6.07 Å². The molecule has 0 amide bonds. The zero-order valence-electron chi connectivity index (χ0n) is 13.7. The number of nitrogens with two attached hydrogens (primary N) is 1. The minimum absolute atomic E-state index is 0.0395. The average molecular weight is 316 g/mol. The van der Waals surface area contributed by atoms with E-state index in [-0.39, 0.29) is 23.6 Å². The number of rotatable bonds is 1. The van der Waals surface area contributed by atoms with Crippen molar-refractivity contribution in [3.05, 3.63) is 23.3 Å². The minimum atomic E-state index is -0.759. The van der Waals surface area contributed by atoms with Crippen LogP contribution in [0, 0.1) is 0 Å². The Hall–Kier alpha value is -1.30. The summed E-state index contributed by atoms with van der Waals surface area (Å²) in [5.41, 5.74) is 7.80. The molecule has 5 rings (SSSR count). The second-order valence-corrected chi connectivity index (χ2v) is 7.72. The lowest BCUT2D eigenvalue weighted by Crippen LogP contribution is -2.77. The number of hydrogen-bond acceptors (Lipinski definition) is 5. The molecule has 2 aliphatic heterocycles. The molecule has 124 valence electrons. The molecule has 5 atom stereocenters. The van der Waals surface area contributed by atoms with Crippen LogP contribution in [0.5, 0.6) is 11.5 Å². The number of benzene rings is 1. The Morgan fingerprint density at radius 1 is 1.39 bits per heavy atom. The summed E-state index contributed by atoms with van der Waals surface area (Å²) in [6.07, 6.45) is 3.16. The van der Waals surface area contributed by atoms with Crippen molar-refractivity contribution in [2.45, 2.75) is 54.9 Å². The first-order chi connectivity index (χ1) is 11.0. The van der Waals surface area contributed by atoms with Crippen LogP contribution in [0.3, 0.4) is 0 Å². The SMILES string of the molecule is COc1ccc2c3c1O[C@H]1[C@H](N)CC[C@@]4(O)C(C2)N(C)CC[C@]314. The van der Waals surface area contributed by atoms with Crippen LogP contribution in [0.15, 0.2) is 12.1 Å². The monoisotopic (exact) mass is 316 g/mol. The Kier molecular flexibility index (Phi) is 2.57. The van der Waals surface area contributed by atoms with Crippen LogP contribution in [0.4, 0.5) is 0 Å². The number of ether oxygens (including phenoxy) is 2. The van der Waals surface area contributed by atoms with Gasteiger partial charge in [0.2, 0.25) is 0 Å². The molecule has 4 aliphatic rings. The molecule has 1 saturated heterocycles. The van der Waals surface area contributed by atoms with E-state index in [0.717, 1.165) is 43.7 Å². The highest BCUT2D eigenvalue weighted by molar-refractivity contribution is 5.63. The molecule has 5 heteroatoms. The number of likely N-dealkylation sites (N-methyl/N-ethyl adjacent to an activating group) is 1. The van der Waals surface area contributed by atoms with Crippen molar-refractivity contribution in [1.82, 2.24) is 4.90 Å². The van der Waals surface area contributed by atoms with Crippen molar-refractivity contribution in [2.24, 2.45) is 5.73 Å². The van der Waals surface area contributed by atoms with Gasteiger partial charge in [-0.3, -0.25) is 0 Å². The van der Waals surface area contributed by atoms with E-state index >= 15 is 0 Å². The Morgan fingerprint density at radius 3 is 3.00 bits per heavy atom. The maximum atomic E-state index is 11.8. The molecule has 1 aromatic carbocycles. The van der Waals surface area contributed by atoms with Gasteiger partial charge in [-0.2, -0.15) is 0 Å². The normalized spacial score (nSPS) is 43.7. The largest absolute Gasteiger partial charge is 0.493 e. The van der Waals surface area contributed by atoms with Crippen molar-refractivity contribution in [2.75, 3.05) is 20.7 Å². The number of nitrogens with zero attached hydrogens (tertiary/aromatic N) is 1. The molecule has 23 heavy (non-hydrogen) atoms. The highest BCUT2D eigenvalue weighted by Crippen LogP contribution is 2.65. The Morgan fingerprint density at radius 2 is 2.22 bits per heavy atom. The minimum Gasteiger partial charge on any atom is -0.493 e. The quantitative estimate of drug-likeness (QED) is 0.802. The van der Waals surface area contributed by atoms with Crippen molar-refractivity contribution in [1.29, 1.82) is 0 Å². The summed E-state index contributed by atoms with van der Waals surface area (Å²) in [5, 5.41) is 11.8. The predicted molar refractivity (Wildman–Crippen MR) is 86.0 cm³/mol. The Bertz CT molecular complexity index is 693. The third kappa shape index (κ3) is 1.37. The van der Waals surface area contributed by atoms with E-state index in [2.05, 4.69) is 18.0 Å². The van der Waals surface area contributed by atoms with E-state index in [9.17, 15) is 5.11 Å². The van der Waals surface area contributed by atoms with Crippen LogP contribution in [0.25, 0.3) is 0 Å². The predicted octanol–water partition coefficient (Wildman–Crippen LogP) is 0.806. The number of piperidine rings is 1. The summed E-state index contributed by atoms with van der Waals surface area (Å²) in [6, 6.07) is 4.24. The average Bonchev–Trinajstić information content (AvgIpc) is 2.90. The zero-order chi connectivity index (χ0) is 16.0. The summed E-state index contributed by atoms with van der Waals surface area (Å²) < 4.78 is 11.9. The molecule has 0 aromatic heterocycles. The lowest BCUT2D eigenvalue weighted by Gasteiger charge is -2.63. The fraction of sp³-hybridized carbons (Fsp3) is 0.667. The first-order valence-corrected chi connectivity index (χ1v) is 8.58. The second kappa shape index (κ2) is 4.21. The van der Waals surface area contributed by atoms with Crippen molar-refractivity contribution in [3.8, 4) is 11.5 Å². The van der Waals surface area contributed by atoms with Gasteiger partial charge >= 0.3 is 0 Å². The number of likely N-dealkylation sites (tertiary alicyclic amines) is 1. The molecule has 1 aromatic rings. The van der Waals surface area contributed by atoms with Crippen molar-refractivity contribution < 1.29 is 14.6 Å². The molecule has 3 N–H and O–H groups in total. The molecular weight excluding hydrogens is 292 g/mol. The van der Waals surface area contributed by atoms with E-state index in [1.807, 2.05) is 6.07 Å². The van der Waals surface area contributed by atoms with Crippen LogP contribution in [0.1, 0.15) is 30.4 Å². The Balaban J connectivity index is 1.84. The maximum Gasteiger partial charge on any atom is 0.165 e. The van der Waals surface area contributed by atoms with Gasteiger partial charge in [-0.25, -0.2) is 0 Å². The van der Waals surface area contributed by atoms with Gasteiger partial charge in [-0.15, -0.1) is 0 Å². The Labute approximate surface area is 136 Å². The topological polar surface area (TPSA) is 68.0 Å². The fourth-order valence-electron chi connectivity index (χ4n) is 5.94. The van der Waals surface area contributed by atoms with Crippen LogP contribution in [-0.4, -0.2) is 54.5 Å². The molecule has 1 spiro atoms. The van der Waals surface area contributed by atoms with E-state index in [1.165, 1.54) is 11.1 Å². The highest BCUT2D eigenvalue weighted by atomic mass is 16.5. The number of aliphatic hydroxyl groups is 1. The summed E-state index contributed by atoms with van der Waals surface area (Å²) in [4.78, 5) is 2.32. The second-order valence-electron chi connectivity index (χ2n) is 7.72. The first kappa shape index (κ1) is 14.1. The van der Waals surface area contributed by atoms with Gasteiger partial charge < -0.3 is 25.2 Å². The molecule has 5 nitrogen and oxygen atoms in total. The van der Waals surface area contributed by atoms with Crippen molar-refractivity contribution >= 4 is 0 Å². The molecule has 2 heterocycles. The fourth-order valence-corrected chi connectivity index (χ4v) is 5.94. The van der Waals surface area contributed by atoms with E-state index in [0.29, 0.717) is 0 Å². The van der Waals surface area contributed by atoms with E-state index in [4.69, 9.17) is 15.2 Å². The van der Waals surface area contributed by atoms with E-state index < -0.39 is 5.60 Å². The van der Waals surface area contributed by atoms with Crippen LogP contribution in [0.2, 0.25) is 0 Å². The third-order valence-corrected chi connectivity index (χ3v) is 6.98. The molecule has 1 unspecified atom stereocenters. The molecule has 2 fully saturated rings. The van der Waals surface area contributed by atoms with Crippen molar-refractivity contribution in [3.63, 3.8) is 0 Å². The maximum absolute atomic E-state index is 11.8. The summed E-state index contributed by atoms with van der Waals surface area (Å²) in [6.45, 7) is 0.968. The van der Waals surface area contributed by atoms with Gasteiger partial charge in [0.15, 0.2) is 11.5 Å². The lowest BCUT2D eigenvalue weighted by molar-refractivity contribution is -0.184. The molecular formula is C18H24N2O3. The molecule has 1 saturated carbocycles. The van der Waals surface area contributed by atoms with Gasteiger partial charge in [0.25, 0.3) is 0 Å². The highest BCUT2D eigenvalue weighted by Gasteiger charge is 2.72. The third-order valence-electron chi connectivity index (χ3n) is 6.98. The summed E-state index contributed by atoms with van der Waals surface area (Å²) in [5.74, 6) is 1.59. The molecule has 2 bridgehead atoms. The lowest BCUT2D eigenvalue weighted by atomic mass is 9.48. The van der Waals surface area contributed by atoms with Crippen LogP contribution >= 0.6 is 0 Å². The van der Waals surface area contributed by atoms with Gasteiger partial charge in [0.05, 0.1) is 18.1 Å². The van der Waals surface area contributed by atoms with Gasteiger partial charge in [-0.05, 0) is 50.9 Å². The zero-order valence-corrected chi connectivity index (χ0v) is 13.7. The number of hydrogen-bond donors (Lipinski definition) is 2.